The van der Waals surface area contributed by atoms with Gasteiger partial charge in [-0.1, -0.05) is 0 Å². The predicted octanol–water partition coefficient (Wildman–Crippen LogP) is 0.266. The molecule has 4 nitrogen and oxygen atoms in total. The Balaban J connectivity index is 4.13. The zero-order valence-corrected chi connectivity index (χ0v) is 9.69. The largest absolute Gasteiger partial charge is 0.320 e. The highest BCUT2D eigenvalue weighted by Crippen LogP contribution is 2.05. The normalized spacial score (nSPS) is 12.8. The summed E-state index contributed by atoms with van der Waals surface area (Å²) in [6.45, 7) is 5.22. The Kier molecular flexibility index (Phi) is 5.51. The molecule has 13 heavy (non-hydrogen) atoms. The lowest BCUT2D eigenvalue weighted by molar-refractivity contribution is 0.351. The van der Waals surface area contributed by atoms with Gasteiger partial charge in [0.2, 0.25) is 10.0 Å². The fraction of sp³-hybridized carbons (Fsp3) is 1.00. The average Bonchev–Trinajstić information content (AvgIpc) is 1.94. The number of hydrogen-bond donors (Lipinski definition) is 1. The Bertz CT molecular complexity index is 224. The second kappa shape index (κ2) is 5.57. The van der Waals surface area contributed by atoms with E-state index in [1.54, 1.807) is 0 Å². The molecule has 0 heterocycles. The topological polar surface area (TPSA) is 49.4 Å². The van der Waals surface area contributed by atoms with Crippen molar-refractivity contribution in [3.63, 3.8) is 0 Å². The van der Waals surface area contributed by atoms with E-state index in [4.69, 9.17) is 0 Å². The van der Waals surface area contributed by atoms with Gasteiger partial charge in [0.15, 0.2) is 0 Å². The van der Waals surface area contributed by atoms with Crippen LogP contribution in [0.3, 0.4) is 0 Å². The molecule has 0 aliphatic heterocycles. The smallest absolute Gasteiger partial charge is 0.211 e. The minimum atomic E-state index is -3.04. The molecule has 0 unspecified atom stereocenters. The van der Waals surface area contributed by atoms with Gasteiger partial charge in [-0.05, 0) is 33.9 Å². The minimum Gasteiger partial charge on any atom is -0.320 e. The first kappa shape index (κ1) is 12.9. The van der Waals surface area contributed by atoms with Crippen molar-refractivity contribution in [3.8, 4) is 0 Å². The van der Waals surface area contributed by atoms with Crippen molar-refractivity contribution in [3.05, 3.63) is 0 Å². The molecule has 0 aromatic rings. The summed E-state index contributed by atoms with van der Waals surface area (Å²) in [5, 5.41) is 2.99. The van der Waals surface area contributed by atoms with Crippen molar-refractivity contribution in [2.45, 2.75) is 26.3 Å². The van der Waals surface area contributed by atoms with Gasteiger partial charge in [0, 0.05) is 12.6 Å². The summed E-state index contributed by atoms with van der Waals surface area (Å²) < 4.78 is 24.1. The number of sulfonamides is 1. The van der Waals surface area contributed by atoms with Crippen LogP contribution in [-0.4, -0.2) is 45.2 Å². The van der Waals surface area contributed by atoms with Crippen LogP contribution in [0.2, 0.25) is 0 Å². The highest BCUT2D eigenvalue weighted by Gasteiger charge is 2.18. The summed E-state index contributed by atoms with van der Waals surface area (Å²) >= 11 is 0. The molecule has 0 amide bonds. The molecule has 0 saturated carbocycles. The van der Waals surface area contributed by atoms with Crippen molar-refractivity contribution in [2.24, 2.45) is 0 Å². The molecule has 0 aromatic heterocycles. The monoisotopic (exact) mass is 208 g/mol. The van der Waals surface area contributed by atoms with E-state index in [9.17, 15) is 8.42 Å². The third kappa shape index (κ3) is 5.23. The highest BCUT2D eigenvalue weighted by molar-refractivity contribution is 7.88. The lowest BCUT2D eigenvalue weighted by Gasteiger charge is -2.23. The van der Waals surface area contributed by atoms with E-state index in [1.807, 2.05) is 20.9 Å². The maximum absolute atomic E-state index is 11.3. The van der Waals surface area contributed by atoms with Gasteiger partial charge < -0.3 is 5.32 Å². The van der Waals surface area contributed by atoms with Gasteiger partial charge in [-0.25, -0.2) is 8.42 Å². The van der Waals surface area contributed by atoms with Gasteiger partial charge in [0.25, 0.3) is 0 Å². The Morgan fingerprint density at radius 2 is 1.92 bits per heavy atom. The van der Waals surface area contributed by atoms with Crippen LogP contribution in [0.5, 0.6) is 0 Å². The standard InChI is InChI=1S/C8H20N2O2S/c1-8(2)10(13(4,11)12)7-5-6-9-3/h8-9H,5-7H2,1-4H3. The summed E-state index contributed by atoms with van der Waals surface area (Å²) in [5.74, 6) is 0. The van der Waals surface area contributed by atoms with Crippen LogP contribution in [0, 0.1) is 0 Å². The molecule has 0 bridgehead atoms. The maximum Gasteiger partial charge on any atom is 0.211 e. The van der Waals surface area contributed by atoms with Crippen LogP contribution in [0.25, 0.3) is 0 Å². The first-order valence-corrected chi connectivity index (χ1v) is 6.36. The lowest BCUT2D eigenvalue weighted by atomic mass is 10.3. The van der Waals surface area contributed by atoms with Crippen molar-refractivity contribution >= 4 is 10.0 Å². The lowest BCUT2D eigenvalue weighted by Crippen LogP contribution is -2.37. The second-order valence-electron chi connectivity index (χ2n) is 3.42. The van der Waals surface area contributed by atoms with E-state index >= 15 is 0 Å². The van der Waals surface area contributed by atoms with E-state index in [-0.39, 0.29) is 6.04 Å². The quantitative estimate of drug-likeness (QED) is 0.637. The van der Waals surface area contributed by atoms with Crippen LogP contribution >= 0.6 is 0 Å². The van der Waals surface area contributed by atoms with Gasteiger partial charge in [0.1, 0.15) is 0 Å². The Morgan fingerprint density at radius 3 is 2.23 bits per heavy atom. The fourth-order valence-electron chi connectivity index (χ4n) is 1.22. The van der Waals surface area contributed by atoms with E-state index in [1.165, 1.54) is 10.6 Å². The third-order valence-electron chi connectivity index (χ3n) is 1.81. The third-order valence-corrected chi connectivity index (χ3v) is 3.26. The van der Waals surface area contributed by atoms with Crippen LogP contribution in [0.15, 0.2) is 0 Å². The molecule has 0 aliphatic rings. The number of nitrogens with one attached hydrogen (secondary N) is 1. The predicted molar refractivity (Wildman–Crippen MR) is 55.2 cm³/mol. The van der Waals surface area contributed by atoms with Crippen LogP contribution in [-0.2, 0) is 10.0 Å². The molecule has 0 spiro atoms. The zero-order valence-electron chi connectivity index (χ0n) is 8.87. The molecular weight excluding hydrogens is 188 g/mol. The molecular formula is C8H20N2O2S. The molecule has 5 heteroatoms. The maximum atomic E-state index is 11.3. The van der Waals surface area contributed by atoms with Crippen molar-refractivity contribution in [2.75, 3.05) is 26.4 Å². The summed E-state index contributed by atoms with van der Waals surface area (Å²) in [7, 11) is -1.18. The van der Waals surface area contributed by atoms with E-state index in [2.05, 4.69) is 5.32 Å². The van der Waals surface area contributed by atoms with Crippen LogP contribution in [0.4, 0.5) is 0 Å². The molecule has 0 aliphatic carbocycles. The van der Waals surface area contributed by atoms with Crippen LogP contribution in [0.1, 0.15) is 20.3 Å². The van der Waals surface area contributed by atoms with E-state index in [0.29, 0.717) is 6.54 Å². The molecule has 0 saturated heterocycles. The summed E-state index contributed by atoms with van der Waals surface area (Å²) in [4.78, 5) is 0. The van der Waals surface area contributed by atoms with E-state index < -0.39 is 10.0 Å². The number of nitrogens with zero attached hydrogens (tertiary/aromatic N) is 1. The van der Waals surface area contributed by atoms with Crippen molar-refractivity contribution in [1.82, 2.24) is 9.62 Å². The fourth-order valence-corrected chi connectivity index (χ4v) is 2.45. The minimum absolute atomic E-state index is 0.0480. The average molecular weight is 208 g/mol. The molecule has 0 aromatic carbocycles. The van der Waals surface area contributed by atoms with Gasteiger partial charge in [0.05, 0.1) is 6.26 Å². The molecule has 0 atom stereocenters. The van der Waals surface area contributed by atoms with E-state index in [0.717, 1.165) is 13.0 Å². The summed E-state index contributed by atoms with van der Waals surface area (Å²) in [6, 6.07) is 0.0480. The van der Waals surface area contributed by atoms with Gasteiger partial charge in [-0.3, -0.25) is 0 Å². The first-order valence-electron chi connectivity index (χ1n) is 4.51. The highest BCUT2D eigenvalue weighted by atomic mass is 32.2. The molecule has 80 valence electrons. The van der Waals surface area contributed by atoms with Crippen LogP contribution < -0.4 is 5.32 Å². The molecule has 0 radical (unpaired) electrons. The zero-order chi connectivity index (χ0) is 10.5. The van der Waals surface area contributed by atoms with Gasteiger partial charge in [-0.15, -0.1) is 0 Å². The molecule has 1 N–H and O–H groups in total. The van der Waals surface area contributed by atoms with Crippen molar-refractivity contribution < 1.29 is 8.42 Å². The molecule has 0 rings (SSSR count). The van der Waals surface area contributed by atoms with Crippen molar-refractivity contribution in [1.29, 1.82) is 0 Å². The SMILES string of the molecule is CNCCCN(C(C)C)S(C)(=O)=O. The summed E-state index contributed by atoms with van der Waals surface area (Å²) in [5.41, 5.74) is 0. The number of hydrogen-bond acceptors (Lipinski definition) is 3. The first-order chi connectivity index (χ1) is 5.89. The summed E-state index contributed by atoms with van der Waals surface area (Å²) in [6.07, 6.45) is 2.11. The Hall–Kier alpha value is -0.130. The Labute approximate surface area is 81.4 Å². The molecule has 0 fully saturated rings. The van der Waals surface area contributed by atoms with Gasteiger partial charge in [-0.2, -0.15) is 4.31 Å². The Morgan fingerprint density at radius 1 is 1.38 bits per heavy atom. The number of rotatable bonds is 6. The second-order valence-corrected chi connectivity index (χ2v) is 5.36. The van der Waals surface area contributed by atoms with Gasteiger partial charge >= 0.3 is 0 Å².